The lowest BCUT2D eigenvalue weighted by atomic mass is 9.69. The van der Waals surface area contributed by atoms with Crippen molar-refractivity contribution in [3.05, 3.63) is 35.4 Å². The largest absolute Gasteiger partial charge is 0.349 e. The summed E-state index contributed by atoms with van der Waals surface area (Å²) < 4.78 is 0. The standard InChI is InChI=1S/C18H26BrNO/c1-18(2,3)15-6-4-5-7-16(15)20-17(21)14-10-8-13(12-19)9-11-14/h8-11,15-16H,4-7,12H2,1-3H3,(H,20,21). The summed E-state index contributed by atoms with van der Waals surface area (Å²) in [6, 6.07) is 8.15. The van der Waals surface area contributed by atoms with Crippen molar-refractivity contribution in [3.8, 4) is 0 Å². The van der Waals surface area contributed by atoms with E-state index in [9.17, 15) is 4.79 Å². The molecule has 0 saturated heterocycles. The van der Waals surface area contributed by atoms with Gasteiger partial charge in [0.1, 0.15) is 0 Å². The highest BCUT2D eigenvalue weighted by Crippen LogP contribution is 2.38. The molecule has 1 aliphatic carbocycles. The van der Waals surface area contributed by atoms with Crippen molar-refractivity contribution in [1.29, 1.82) is 0 Å². The van der Waals surface area contributed by atoms with Crippen molar-refractivity contribution in [2.24, 2.45) is 11.3 Å². The lowest BCUT2D eigenvalue weighted by Crippen LogP contribution is -2.46. The zero-order valence-electron chi connectivity index (χ0n) is 13.3. The summed E-state index contributed by atoms with van der Waals surface area (Å²) in [7, 11) is 0. The molecule has 0 bridgehead atoms. The minimum absolute atomic E-state index is 0.0669. The SMILES string of the molecule is CC(C)(C)C1CCCCC1NC(=O)c1ccc(CBr)cc1. The first-order valence-corrected chi connectivity index (χ1v) is 8.99. The second kappa shape index (κ2) is 6.95. The van der Waals surface area contributed by atoms with Crippen LogP contribution in [0.25, 0.3) is 0 Å². The Morgan fingerprint density at radius 2 is 1.81 bits per heavy atom. The summed E-state index contributed by atoms with van der Waals surface area (Å²) >= 11 is 3.43. The maximum absolute atomic E-state index is 12.5. The summed E-state index contributed by atoms with van der Waals surface area (Å²) in [5.41, 5.74) is 2.20. The van der Waals surface area contributed by atoms with Gasteiger partial charge in [0.2, 0.25) is 0 Å². The molecule has 0 radical (unpaired) electrons. The Balaban J connectivity index is 2.05. The molecule has 0 aliphatic heterocycles. The fourth-order valence-electron chi connectivity index (χ4n) is 3.34. The summed E-state index contributed by atoms with van der Waals surface area (Å²) in [6.07, 6.45) is 4.83. The van der Waals surface area contributed by atoms with E-state index in [0.29, 0.717) is 12.0 Å². The normalized spacial score (nSPS) is 22.9. The zero-order chi connectivity index (χ0) is 15.5. The van der Waals surface area contributed by atoms with E-state index in [1.165, 1.54) is 24.8 Å². The summed E-state index contributed by atoms with van der Waals surface area (Å²) in [6.45, 7) is 6.85. The van der Waals surface area contributed by atoms with Gasteiger partial charge in [-0.05, 0) is 41.9 Å². The maximum atomic E-state index is 12.5. The third kappa shape index (κ3) is 4.32. The zero-order valence-corrected chi connectivity index (χ0v) is 14.9. The fourth-order valence-corrected chi connectivity index (χ4v) is 3.71. The van der Waals surface area contributed by atoms with E-state index in [-0.39, 0.29) is 11.3 Å². The Labute approximate surface area is 136 Å². The Kier molecular flexibility index (Phi) is 5.48. The molecule has 2 rings (SSSR count). The molecule has 1 aromatic carbocycles. The molecule has 2 unspecified atom stereocenters. The molecule has 1 aliphatic rings. The number of alkyl halides is 1. The molecule has 1 fully saturated rings. The second-order valence-corrected chi connectivity index (χ2v) is 7.73. The van der Waals surface area contributed by atoms with Crippen molar-refractivity contribution in [2.75, 3.05) is 0 Å². The molecule has 1 N–H and O–H groups in total. The smallest absolute Gasteiger partial charge is 0.251 e. The van der Waals surface area contributed by atoms with Crippen molar-refractivity contribution in [2.45, 2.75) is 57.8 Å². The van der Waals surface area contributed by atoms with E-state index in [2.05, 4.69) is 42.0 Å². The number of rotatable bonds is 3. The van der Waals surface area contributed by atoms with Crippen LogP contribution < -0.4 is 5.32 Å². The predicted octanol–water partition coefficient (Wildman–Crippen LogP) is 4.92. The predicted molar refractivity (Wildman–Crippen MR) is 91.7 cm³/mol. The third-order valence-corrected chi connectivity index (χ3v) is 5.21. The van der Waals surface area contributed by atoms with E-state index in [1.54, 1.807) is 0 Å². The highest BCUT2D eigenvalue weighted by Gasteiger charge is 2.34. The van der Waals surface area contributed by atoms with Crippen molar-refractivity contribution < 1.29 is 4.79 Å². The summed E-state index contributed by atoms with van der Waals surface area (Å²) in [5.74, 6) is 0.634. The van der Waals surface area contributed by atoms with E-state index in [4.69, 9.17) is 0 Å². The van der Waals surface area contributed by atoms with Gasteiger partial charge in [-0.15, -0.1) is 0 Å². The summed E-state index contributed by atoms with van der Waals surface area (Å²) in [4.78, 5) is 12.5. The Bertz CT molecular complexity index is 475. The number of amides is 1. The molecule has 2 atom stereocenters. The molecule has 21 heavy (non-hydrogen) atoms. The number of halogens is 1. The topological polar surface area (TPSA) is 29.1 Å². The van der Waals surface area contributed by atoms with Crippen LogP contribution in [-0.2, 0) is 5.33 Å². The Morgan fingerprint density at radius 1 is 1.19 bits per heavy atom. The number of carbonyl (C=O) groups is 1. The van der Waals surface area contributed by atoms with Gasteiger partial charge in [-0.25, -0.2) is 0 Å². The van der Waals surface area contributed by atoms with Crippen LogP contribution in [-0.4, -0.2) is 11.9 Å². The van der Waals surface area contributed by atoms with Crippen LogP contribution in [0.4, 0.5) is 0 Å². The maximum Gasteiger partial charge on any atom is 0.251 e. The minimum Gasteiger partial charge on any atom is -0.349 e. The Hall–Kier alpha value is -0.830. The van der Waals surface area contributed by atoms with E-state index >= 15 is 0 Å². The average molecular weight is 352 g/mol. The minimum atomic E-state index is 0.0669. The van der Waals surface area contributed by atoms with Gasteiger partial charge in [-0.1, -0.05) is 61.7 Å². The van der Waals surface area contributed by atoms with Gasteiger partial charge in [0.25, 0.3) is 5.91 Å². The van der Waals surface area contributed by atoms with Gasteiger partial charge >= 0.3 is 0 Å². The van der Waals surface area contributed by atoms with Crippen LogP contribution in [0.2, 0.25) is 0 Å². The number of carbonyl (C=O) groups excluding carboxylic acids is 1. The third-order valence-electron chi connectivity index (χ3n) is 4.57. The van der Waals surface area contributed by atoms with Gasteiger partial charge in [0.15, 0.2) is 0 Å². The quantitative estimate of drug-likeness (QED) is 0.769. The number of hydrogen-bond donors (Lipinski definition) is 1. The highest BCUT2D eigenvalue weighted by atomic mass is 79.9. The first-order valence-electron chi connectivity index (χ1n) is 7.87. The van der Waals surface area contributed by atoms with Crippen LogP contribution in [0.1, 0.15) is 62.4 Å². The first kappa shape index (κ1) is 16.5. The number of hydrogen-bond acceptors (Lipinski definition) is 1. The highest BCUT2D eigenvalue weighted by molar-refractivity contribution is 9.08. The molecular formula is C18H26BrNO. The van der Waals surface area contributed by atoms with Crippen LogP contribution >= 0.6 is 15.9 Å². The van der Waals surface area contributed by atoms with Gasteiger partial charge in [-0.2, -0.15) is 0 Å². The lowest BCUT2D eigenvalue weighted by molar-refractivity contribution is 0.0830. The number of benzene rings is 1. The lowest BCUT2D eigenvalue weighted by Gasteiger charge is -2.40. The molecule has 0 heterocycles. The van der Waals surface area contributed by atoms with Crippen molar-refractivity contribution >= 4 is 21.8 Å². The second-order valence-electron chi connectivity index (χ2n) is 7.17. The van der Waals surface area contributed by atoms with Crippen molar-refractivity contribution in [1.82, 2.24) is 5.32 Å². The van der Waals surface area contributed by atoms with Crippen LogP contribution in [0.5, 0.6) is 0 Å². The molecule has 116 valence electrons. The molecule has 3 heteroatoms. The summed E-state index contributed by atoms with van der Waals surface area (Å²) in [5, 5.41) is 4.10. The van der Waals surface area contributed by atoms with Crippen LogP contribution in [0, 0.1) is 11.3 Å². The van der Waals surface area contributed by atoms with Crippen molar-refractivity contribution in [3.63, 3.8) is 0 Å². The molecule has 0 spiro atoms. The number of nitrogens with one attached hydrogen (secondary N) is 1. The molecular weight excluding hydrogens is 326 g/mol. The molecule has 0 aromatic heterocycles. The molecule has 1 amide bonds. The van der Waals surface area contributed by atoms with Gasteiger partial charge in [0, 0.05) is 16.9 Å². The average Bonchev–Trinajstić information content (AvgIpc) is 2.47. The first-order chi connectivity index (χ1) is 9.91. The molecule has 1 saturated carbocycles. The fraction of sp³-hybridized carbons (Fsp3) is 0.611. The monoisotopic (exact) mass is 351 g/mol. The van der Waals surface area contributed by atoms with Gasteiger partial charge in [-0.3, -0.25) is 4.79 Å². The van der Waals surface area contributed by atoms with Crippen LogP contribution in [0.3, 0.4) is 0 Å². The van der Waals surface area contributed by atoms with Gasteiger partial charge in [0.05, 0.1) is 0 Å². The van der Waals surface area contributed by atoms with E-state index < -0.39 is 0 Å². The molecule has 2 nitrogen and oxygen atoms in total. The van der Waals surface area contributed by atoms with E-state index in [0.717, 1.165) is 17.3 Å². The van der Waals surface area contributed by atoms with Crippen LogP contribution in [0.15, 0.2) is 24.3 Å². The van der Waals surface area contributed by atoms with Gasteiger partial charge < -0.3 is 5.32 Å². The Morgan fingerprint density at radius 3 is 2.38 bits per heavy atom. The van der Waals surface area contributed by atoms with E-state index in [1.807, 2.05) is 24.3 Å². The molecule has 1 aromatic rings.